The van der Waals surface area contributed by atoms with Gasteiger partial charge in [-0.2, -0.15) is 4.31 Å². The number of H-pyrrole nitrogens is 1. The fourth-order valence-electron chi connectivity index (χ4n) is 3.73. The first-order valence-corrected chi connectivity index (χ1v) is 12.2. The molecule has 11 heteroatoms. The quantitative estimate of drug-likeness (QED) is 0.564. The number of ether oxygens (including phenoxy) is 2. The Balaban J connectivity index is 1.43. The van der Waals surface area contributed by atoms with Crippen molar-refractivity contribution in [3.8, 4) is 11.5 Å². The van der Waals surface area contributed by atoms with Gasteiger partial charge in [0.15, 0.2) is 0 Å². The number of amides is 1. The van der Waals surface area contributed by atoms with Crippen molar-refractivity contribution in [2.45, 2.75) is 17.7 Å². The lowest BCUT2D eigenvalue weighted by atomic mass is 9.97. The van der Waals surface area contributed by atoms with Gasteiger partial charge in [0.1, 0.15) is 11.5 Å². The van der Waals surface area contributed by atoms with Gasteiger partial charge < -0.3 is 19.8 Å². The Kier molecular flexibility index (Phi) is 6.22. The number of fused-ring (bicyclic) bond motifs is 1. The highest BCUT2D eigenvalue weighted by Gasteiger charge is 2.32. The zero-order valence-electron chi connectivity index (χ0n) is 17.6. The van der Waals surface area contributed by atoms with Gasteiger partial charge in [-0.05, 0) is 43.2 Å². The van der Waals surface area contributed by atoms with Crippen LogP contribution in [-0.2, 0) is 14.8 Å². The number of aromatic amines is 1. The summed E-state index contributed by atoms with van der Waals surface area (Å²) in [4.78, 5) is 26.9. The number of rotatable bonds is 6. The molecule has 0 bridgehead atoms. The summed E-state index contributed by atoms with van der Waals surface area (Å²) in [6.45, 7) is 0.475. The Labute approximate surface area is 189 Å². The van der Waals surface area contributed by atoms with Crippen LogP contribution in [-0.4, -0.2) is 50.9 Å². The van der Waals surface area contributed by atoms with E-state index in [9.17, 15) is 18.0 Å². The number of sulfonamides is 1. The van der Waals surface area contributed by atoms with E-state index in [1.54, 1.807) is 31.4 Å². The van der Waals surface area contributed by atoms with Crippen LogP contribution in [0.3, 0.4) is 0 Å². The molecule has 3 aromatic rings. The molecule has 0 unspecified atom stereocenters. The van der Waals surface area contributed by atoms with Crippen molar-refractivity contribution in [2.24, 2.45) is 5.92 Å². The third-order valence-electron chi connectivity index (χ3n) is 5.52. The molecule has 2 heterocycles. The van der Waals surface area contributed by atoms with Gasteiger partial charge in [-0.3, -0.25) is 9.59 Å². The number of nitrogens with zero attached hydrogens (tertiary/aromatic N) is 1. The molecular formula is C21H23N3O6S2. The van der Waals surface area contributed by atoms with Crippen molar-refractivity contribution in [3.63, 3.8) is 0 Å². The normalized spacial score (nSPS) is 15.6. The van der Waals surface area contributed by atoms with Gasteiger partial charge in [-0.15, -0.1) is 0 Å². The van der Waals surface area contributed by atoms with E-state index in [0.29, 0.717) is 40.2 Å². The number of benzene rings is 2. The van der Waals surface area contributed by atoms with E-state index in [-0.39, 0.29) is 34.7 Å². The van der Waals surface area contributed by atoms with Crippen molar-refractivity contribution < 1.29 is 22.7 Å². The third kappa shape index (κ3) is 4.36. The summed E-state index contributed by atoms with van der Waals surface area (Å²) in [6.07, 6.45) is 0.812. The van der Waals surface area contributed by atoms with Crippen molar-refractivity contribution in [2.75, 3.05) is 32.6 Å². The van der Waals surface area contributed by atoms with Crippen molar-refractivity contribution in [1.82, 2.24) is 9.29 Å². The van der Waals surface area contributed by atoms with E-state index in [2.05, 4.69) is 10.3 Å². The summed E-state index contributed by atoms with van der Waals surface area (Å²) >= 11 is 0.974. The molecule has 0 saturated carbocycles. The topological polar surface area (TPSA) is 118 Å². The van der Waals surface area contributed by atoms with Crippen LogP contribution in [0, 0.1) is 5.92 Å². The molecule has 1 fully saturated rings. The van der Waals surface area contributed by atoms with Crippen LogP contribution in [0.5, 0.6) is 11.5 Å². The van der Waals surface area contributed by atoms with Crippen LogP contribution in [0.2, 0.25) is 0 Å². The van der Waals surface area contributed by atoms with E-state index >= 15 is 0 Å². The van der Waals surface area contributed by atoms with Crippen LogP contribution >= 0.6 is 11.3 Å². The predicted octanol–water partition coefficient (Wildman–Crippen LogP) is 2.65. The Morgan fingerprint density at radius 3 is 2.56 bits per heavy atom. The number of thiazole rings is 1. The molecule has 32 heavy (non-hydrogen) atoms. The number of hydrogen-bond donors (Lipinski definition) is 2. The standard InChI is InChI=1S/C21H23N3O6S2/c1-29-14-3-5-16(18(11-14)30-2)22-20(25)13-7-9-24(10-8-13)32(27,28)15-4-6-17-19(12-15)31-21(26)23-17/h3-6,11-13H,7-10H2,1-2H3,(H,22,25)(H,23,26). The molecule has 1 amide bonds. The van der Waals surface area contributed by atoms with Gasteiger partial charge >= 0.3 is 4.87 Å². The highest BCUT2D eigenvalue weighted by Crippen LogP contribution is 2.31. The predicted molar refractivity (Wildman–Crippen MR) is 122 cm³/mol. The molecule has 0 aliphatic carbocycles. The summed E-state index contributed by atoms with van der Waals surface area (Å²) in [5.74, 6) is 0.610. The zero-order valence-corrected chi connectivity index (χ0v) is 19.2. The Bertz CT molecular complexity index is 1310. The number of methoxy groups -OCH3 is 2. The molecule has 2 aromatic carbocycles. The van der Waals surface area contributed by atoms with Gasteiger partial charge in [0.2, 0.25) is 15.9 Å². The second-order valence-electron chi connectivity index (χ2n) is 7.41. The Morgan fingerprint density at radius 1 is 1.12 bits per heavy atom. The minimum Gasteiger partial charge on any atom is -0.497 e. The first-order chi connectivity index (χ1) is 15.3. The fraction of sp³-hybridized carbons (Fsp3) is 0.333. The van der Waals surface area contributed by atoms with E-state index < -0.39 is 10.0 Å². The molecule has 2 N–H and O–H groups in total. The number of carbonyl (C=O) groups is 1. The van der Waals surface area contributed by atoms with Gasteiger partial charge in [-0.25, -0.2) is 8.42 Å². The van der Waals surface area contributed by atoms with E-state index in [1.807, 2.05) is 0 Å². The number of hydrogen-bond acceptors (Lipinski definition) is 7. The van der Waals surface area contributed by atoms with E-state index in [1.165, 1.54) is 23.5 Å². The Hall–Kier alpha value is -2.89. The molecule has 0 spiro atoms. The number of carbonyl (C=O) groups excluding carboxylic acids is 1. The lowest BCUT2D eigenvalue weighted by Crippen LogP contribution is -2.41. The molecule has 1 saturated heterocycles. The number of nitrogens with one attached hydrogen (secondary N) is 2. The van der Waals surface area contributed by atoms with Crippen LogP contribution in [0.25, 0.3) is 10.2 Å². The van der Waals surface area contributed by atoms with E-state index in [4.69, 9.17) is 9.47 Å². The first-order valence-electron chi connectivity index (χ1n) is 9.97. The van der Waals surface area contributed by atoms with Crippen LogP contribution in [0.15, 0.2) is 46.1 Å². The smallest absolute Gasteiger partial charge is 0.305 e. The van der Waals surface area contributed by atoms with Crippen molar-refractivity contribution in [3.05, 3.63) is 46.1 Å². The number of aromatic nitrogens is 1. The molecule has 0 radical (unpaired) electrons. The maximum absolute atomic E-state index is 13.1. The maximum Gasteiger partial charge on any atom is 0.305 e. The Morgan fingerprint density at radius 2 is 1.88 bits per heavy atom. The van der Waals surface area contributed by atoms with Gasteiger partial charge in [0, 0.05) is 25.1 Å². The van der Waals surface area contributed by atoms with Crippen LogP contribution in [0.4, 0.5) is 5.69 Å². The minimum atomic E-state index is -3.71. The third-order valence-corrected chi connectivity index (χ3v) is 8.26. The zero-order chi connectivity index (χ0) is 22.9. The molecular weight excluding hydrogens is 454 g/mol. The molecule has 170 valence electrons. The van der Waals surface area contributed by atoms with Gasteiger partial charge in [0.25, 0.3) is 0 Å². The second kappa shape index (κ2) is 8.93. The summed E-state index contributed by atoms with van der Waals surface area (Å²) in [7, 11) is -0.653. The molecule has 1 aliphatic heterocycles. The van der Waals surface area contributed by atoms with E-state index in [0.717, 1.165) is 11.3 Å². The summed E-state index contributed by atoms with van der Waals surface area (Å²) < 4.78 is 38.6. The average Bonchev–Trinajstić information content (AvgIpc) is 3.18. The lowest BCUT2D eigenvalue weighted by molar-refractivity contribution is -0.120. The lowest BCUT2D eigenvalue weighted by Gasteiger charge is -2.30. The molecule has 1 aliphatic rings. The summed E-state index contributed by atoms with van der Waals surface area (Å²) in [6, 6.07) is 9.73. The summed E-state index contributed by atoms with van der Waals surface area (Å²) in [5, 5.41) is 2.87. The minimum absolute atomic E-state index is 0.145. The van der Waals surface area contributed by atoms with Gasteiger partial charge in [0.05, 0.1) is 35.0 Å². The number of anilines is 1. The fourth-order valence-corrected chi connectivity index (χ4v) is 6.08. The molecule has 4 rings (SSSR count). The highest BCUT2D eigenvalue weighted by atomic mass is 32.2. The average molecular weight is 478 g/mol. The van der Waals surface area contributed by atoms with Crippen molar-refractivity contribution in [1.29, 1.82) is 0 Å². The SMILES string of the molecule is COc1ccc(NC(=O)C2CCN(S(=O)(=O)c3ccc4[nH]c(=O)sc4c3)CC2)c(OC)c1. The van der Waals surface area contributed by atoms with Crippen LogP contribution in [0.1, 0.15) is 12.8 Å². The number of piperidine rings is 1. The maximum atomic E-state index is 13.1. The molecule has 9 nitrogen and oxygen atoms in total. The highest BCUT2D eigenvalue weighted by molar-refractivity contribution is 7.89. The summed E-state index contributed by atoms with van der Waals surface area (Å²) in [5.41, 5.74) is 1.15. The molecule has 1 aromatic heterocycles. The van der Waals surface area contributed by atoms with Crippen LogP contribution < -0.4 is 19.7 Å². The van der Waals surface area contributed by atoms with Gasteiger partial charge in [-0.1, -0.05) is 11.3 Å². The monoisotopic (exact) mass is 477 g/mol. The second-order valence-corrected chi connectivity index (χ2v) is 10.4. The molecule has 0 atom stereocenters. The van der Waals surface area contributed by atoms with Crippen molar-refractivity contribution >= 4 is 43.2 Å². The largest absolute Gasteiger partial charge is 0.497 e. The first kappa shape index (κ1) is 22.3.